The molecule has 2 N–H and O–H groups in total. The van der Waals surface area contributed by atoms with Gasteiger partial charge in [-0.15, -0.1) is 10.2 Å². The van der Waals surface area contributed by atoms with Gasteiger partial charge in [-0.25, -0.2) is 0 Å². The maximum atomic E-state index is 6.19. The Morgan fingerprint density at radius 3 is 2.93 bits per heavy atom. The highest BCUT2D eigenvalue weighted by Gasteiger charge is 2.23. The molecule has 4 heteroatoms. The molecule has 0 aromatic carbocycles. The van der Waals surface area contributed by atoms with E-state index in [1.807, 2.05) is 0 Å². The highest BCUT2D eigenvalue weighted by molar-refractivity contribution is 5.03. The van der Waals surface area contributed by atoms with Crippen molar-refractivity contribution in [3.8, 4) is 0 Å². The summed E-state index contributed by atoms with van der Waals surface area (Å²) >= 11 is 0. The Kier molecular flexibility index (Phi) is 3.05. The topological polar surface area (TPSA) is 56.7 Å². The average molecular weight is 208 g/mol. The fourth-order valence-electron chi connectivity index (χ4n) is 2.09. The molecule has 0 fully saturated rings. The number of nitrogens with zero attached hydrogens (tertiary/aromatic N) is 3. The van der Waals surface area contributed by atoms with Gasteiger partial charge in [0, 0.05) is 13.0 Å². The van der Waals surface area contributed by atoms with Crippen molar-refractivity contribution in [2.45, 2.75) is 52.1 Å². The standard InChI is InChI=1S/C11H20N4/c1-3-8(2)10(12)11-14-13-9-6-4-5-7-15(9)11/h8,10H,3-7,12H2,1-2H3. The Morgan fingerprint density at radius 2 is 2.20 bits per heavy atom. The highest BCUT2D eigenvalue weighted by atomic mass is 15.3. The van der Waals surface area contributed by atoms with Gasteiger partial charge in [0.25, 0.3) is 0 Å². The highest BCUT2D eigenvalue weighted by Crippen LogP contribution is 2.23. The van der Waals surface area contributed by atoms with Crippen LogP contribution >= 0.6 is 0 Å². The Balaban J connectivity index is 2.24. The first kappa shape index (κ1) is 10.6. The number of nitrogens with two attached hydrogens (primary N) is 1. The van der Waals surface area contributed by atoms with E-state index in [0.29, 0.717) is 5.92 Å². The van der Waals surface area contributed by atoms with Gasteiger partial charge < -0.3 is 10.3 Å². The van der Waals surface area contributed by atoms with Crippen LogP contribution in [-0.2, 0) is 13.0 Å². The first-order valence-corrected chi connectivity index (χ1v) is 5.91. The molecule has 0 saturated heterocycles. The lowest BCUT2D eigenvalue weighted by molar-refractivity contribution is 0.408. The molecule has 2 atom stereocenters. The molecule has 0 aliphatic carbocycles. The second-order valence-corrected chi connectivity index (χ2v) is 4.49. The van der Waals surface area contributed by atoms with E-state index >= 15 is 0 Å². The maximum absolute atomic E-state index is 6.19. The summed E-state index contributed by atoms with van der Waals surface area (Å²) in [5.74, 6) is 2.58. The van der Waals surface area contributed by atoms with Crippen molar-refractivity contribution in [2.75, 3.05) is 0 Å². The molecule has 0 amide bonds. The van der Waals surface area contributed by atoms with Crippen LogP contribution in [-0.4, -0.2) is 14.8 Å². The van der Waals surface area contributed by atoms with Crippen molar-refractivity contribution in [1.82, 2.24) is 14.8 Å². The molecule has 1 aliphatic heterocycles. The van der Waals surface area contributed by atoms with E-state index in [9.17, 15) is 0 Å². The summed E-state index contributed by atoms with van der Waals surface area (Å²) in [5, 5.41) is 8.48. The SMILES string of the molecule is CCC(C)C(N)c1nnc2n1CCCC2. The Labute approximate surface area is 90.9 Å². The zero-order valence-electron chi connectivity index (χ0n) is 9.61. The van der Waals surface area contributed by atoms with Crippen LogP contribution < -0.4 is 5.73 Å². The van der Waals surface area contributed by atoms with Crippen LogP contribution in [0.4, 0.5) is 0 Å². The number of aryl methyl sites for hydroxylation is 1. The van der Waals surface area contributed by atoms with E-state index in [1.165, 1.54) is 12.8 Å². The summed E-state index contributed by atoms with van der Waals surface area (Å²) in [6.45, 7) is 5.38. The largest absolute Gasteiger partial charge is 0.321 e. The minimum atomic E-state index is 0.0364. The van der Waals surface area contributed by atoms with Gasteiger partial charge in [0.2, 0.25) is 0 Å². The number of hydrogen-bond donors (Lipinski definition) is 1. The summed E-state index contributed by atoms with van der Waals surface area (Å²) in [7, 11) is 0. The minimum Gasteiger partial charge on any atom is -0.321 e. The van der Waals surface area contributed by atoms with Crippen LogP contribution in [0, 0.1) is 5.92 Å². The zero-order valence-corrected chi connectivity index (χ0v) is 9.61. The van der Waals surface area contributed by atoms with E-state index in [-0.39, 0.29) is 6.04 Å². The van der Waals surface area contributed by atoms with Gasteiger partial charge >= 0.3 is 0 Å². The fraction of sp³-hybridized carbons (Fsp3) is 0.818. The molecule has 2 unspecified atom stereocenters. The van der Waals surface area contributed by atoms with Crippen LogP contribution in [0.2, 0.25) is 0 Å². The predicted octanol–water partition coefficient (Wildman–Crippen LogP) is 1.66. The molecule has 0 saturated carbocycles. The van der Waals surface area contributed by atoms with Crippen molar-refractivity contribution in [2.24, 2.45) is 11.7 Å². The second kappa shape index (κ2) is 4.31. The van der Waals surface area contributed by atoms with Gasteiger partial charge in [-0.05, 0) is 18.8 Å². The van der Waals surface area contributed by atoms with Gasteiger partial charge in [0.1, 0.15) is 11.6 Å². The van der Waals surface area contributed by atoms with Gasteiger partial charge in [-0.1, -0.05) is 20.3 Å². The third kappa shape index (κ3) is 1.91. The first-order valence-electron chi connectivity index (χ1n) is 5.91. The summed E-state index contributed by atoms with van der Waals surface area (Å²) in [6, 6.07) is 0.0364. The van der Waals surface area contributed by atoms with E-state index in [1.54, 1.807) is 0 Å². The number of rotatable bonds is 3. The van der Waals surface area contributed by atoms with Gasteiger partial charge in [-0.2, -0.15) is 0 Å². The molecule has 0 bridgehead atoms. The predicted molar refractivity (Wildman–Crippen MR) is 59.3 cm³/mol. The Hall–Kier alpha value is -0.900. The van der Waals surface area contributed by atoms with Crippen LogP contribution in [0.15, 0.2) is 0 Å². The molecule has 0 radical (unpaired) electrons. The van der Waals surface area contributed by atoms with Gasteiger partial charge in [0.05, 0.1) is 6.04 Å². The molecule has 1 aliphatic rings. The van der Waals surface area contributed by atoms with Crippen molar-refractivity contribution in [1.29, 1.82) is 0 Å². The van der Waals surface area contributed by atoms with E-state index in [0.717, 1.165) is 31.0 Å². The van der Waals surface area contributed by atoms with Crippen LogP contribution in [0.3, 0.4) is 0 Å². The third-order valence-corrected chi connectivity index (χ3v) is 3.44. The lowest BCUT2D eigenvalue weighted by Crippen LogP contribution is -2.24. The summed E-state index contributed by atoms with van der Waals surface area (Å²) in [4.78, 5) is 0. The zero-order chi connectivity index (χ0) is 10.8. The molecule has 4 nitrogen and oxygen atoms in total. The molecule has 2 rings (SSSR count). The van der Waals surface area contributed by atoms with E-state index in [2.05, 4.69) is 28.6 Å². The van der Waals surface area contributed by atoms with Crippen LogP contribution in [0.1, 0.15) is 50.8 Å². The quantitative estimate of drug-likeness (QED) is 0.822. The first-order chi connectivity index (χ1) is 7.24. The number of aromatic nitrogens is 3. The summed E-state index contributed by atoms with van der Waals surface area (Å²) in [6.07, 6.45) is 4.60. The summed E-state index contributed by atoms with van der Waals surface area (Å²) in [5.41, 5.74) is 6.19. The van der Waals surface area contributed by atoms with Crippen molar-refractivity contribution in [3.63, 3.8) is 0 Å². The second-order valence-electron chi connectivity index (χ2n) is 4.49. The fourth-order valence-corrected chi connectivity index (χ4v) is 2.09. The minimum absolute atomic E-state index is 0.0364. The molecular formula is C11H20N4. The van der Waals surface area contributed by atoms with Crippen molar-refractivity contribution >= 4 is 0 Å². The van der Waals surface area contributed by atoms with Gasteiger partial charge in [0.15, 0.2) is 0 Å². The molecule has 15 heavy (non-hydrogen) atoms. The van der Waals surface area contributed by atoms with Crippen molar-refractivity contribution in [3.05, 3.63) is 11.6 Å². The third-order valence-electron chi connectivity index (χ3n) is 3.44. The molecule has 1 aromatic rings. The smallest absolute Gasteiger partial charge is 0.150 e. The lowest BCUT2D eigenvalue weighted by Gasteiger charge is -2.21. The molecule has 0 spiro atoms. The van der Waals surface area contributed by atoms with Crippen LogP contribution in [0.5, 0.6) is 0 Å². The monoisotopic (exact) mass is 208 g/mol. The number of fused-ring (bicyclic) bond motifs is 1. The maximum Gasteiger partial charge on any atom is 0.150 e. The Bertz CT molecular complexity index is 331. The molecule has 2 heterocycles. The Morgan fingerprint density at radius 1 is 1.40 bits per heavy atom. The normalized spacial score (nSPS) is 19.7. The van der Waals surface area contributed by atoms with E-state index < -0.39 is 0 Å². The summed E-state index contributed by atoms with van der Waals surface area (Å²) < 4.78 is 2.22. The lowest BCUT2D eigenvalue weighted by atomic mass is 9.99. The van der Waals surface area contributed by atoms with Crippen molar-refractivity contribution < 1.29 is 0 Å². The van der Waals surface area contributed by atoms with Gasteiger partial charge in [-0.3, -0.25) is 0 Å². The molecular weight excluding hydrogens is 188 g/mol. The van der Waals surface area contributed by atoms with Crippen LogP contribution in [0.25, 0.3) is 0 Å². The van der Waals surface area contributed by atoms with E-state index in [4.69, 9.17) is 5.73 Å². The molecule has 84 valence electrons. The number of hydrogen-bond acceptors (Lipinski definition) is 3. The average Bonchev–Trinajstić information content (AvgIpc) is 2.70. The molecule has 1 aromatic heterocycles.